The highest BCUT2D eigenvalue weighted by molar-refractivity contribution is 8.00. The Bertz CT molecular complexity index is 869. The number of benzene rings is 2. The van der Waals surface area contributed by atoms with Gasteiger partial charge in [-0.15, -0.1) is 0 Å². The number of carbonyl (C=O) groups is 1. The molecule has 1 heterocycles. The van der Waals surface area contributed by atoms with Crippen LogP contribution in [0.3, 0.4) is 0 Å². The average molecular weight is 363 g/mol. The van der Waals surface area contributed by atoms with Crippen molar-refractivity contribution in [1.82, 2.24) is 15.3 Å². The van der Waals surface area contributed by atoms with Gasteiger partial charge in [-0.2, -0.15) is 0 Å². The third-order valence-corrected chi connectivity index (χ3v) is 4.88. The van der Waals surface area contributed by atoms with Crippen LogP contribution in [-0.2, 0) is 11.3 Å². The van der Waals surface area contributed by atoms with E-state index in [1.54, 1.807) is 0 Å². The summed E-state index contributed by atoms with van der Waals surface area (Å²) in [5.41, 5.74) is 3.00. The smallest absolute Gasteiger partial charge is 0.233 e. The van der Waals surface area contributed by atoms with Crippen molar-refractivity contribution < 1.29 is 4.79 Å². The fourth-order valence-electron chi connectivity index (χ4n) is 2.52. The van der Waals surface area contributed by atoms with Crippen molar-refractivity contribution in [1.29, 1.82) is 0 Å². The van der Waals surface area contributed by atoms with Gasteiger partial charge in [0.25, 0.3) is 0 Å². The van der Waals surface area contributed by atoms with Crippen LogP contribution >= 0.6 is 11.8 Å². The van der Waals surface area contributed by atoms with Gasteiger partial charge in [0.2, 0.25) is 5.91 Å². The predicted octanol–water partition coefficient (Wildman–Crippen LogP) is 4.25. The van der Waals surface area contributed by atoms with Gasteiger partial charge < -0.3 is 5.32 Å². The Balaban J connectivity index is 1.66. The minimum atomic E-state index is -0.239. The van der Waals surface area contributed by atoms with E-state index in [2.05, 4.69) is 15.3 Å². The summed E-state index contributed by atoms with van der Waals surface area (Å²) in [4.78, 5) is 21.4. The summed E-state index contributed by atoms with van der Waals surface area (Å²) in [6.45, 7) is 4.30. The first-order chi connectivity index (χ1) is 12.6. The highest BCUT2D eigenvalue weighted by Gasteiger charge is 2.16. The number of rotatable bonds is 6. The van der Waals surface area contributed by atoms with E-state index in [4.69, 9.17) is 0 Å². The van der Waals surface area contributed by atoms with Crippen LogP contribution in [0.1, 0.15) is 18.3 Å². The molecule has 0 saturated carbocycles. The molecule has 0 aliphatic carbocycles. The molecule has 1 aromatic heterocycles. The lowest BCUT2D eigenvalue weighted by atomic mass is 10.1. The van der Waals surface area contributed by atoms with Crippen LogP contribution in [0.4, 0.5) is 0 Å². The molecular formula is C21H21N3OS. The van der Waals surface area contributed by atoms with Crippen molar-refractivity contribution in [2.24, 2.45) is 0 Å². The van der Waals surface area contributed by atoms with Crippen molar-refractivity contribution in [3.05, 3.63) is 78.1 Å². The van der Waals surface area contributed by atoms with Crippen molar-refractivity contribution in [3.8, 4) is 11.3 Å². The number of thioether (sulfide) groups is 1. The maximum atomic E-state index is 12.4. The average Bonchev–Trinajstić information content (AvgIpc) is 2.67. The monoisotopic (exact) mass is 363 g/mol. The Morgan fingerprint density at radius 2 is 1.69 bits per heavy atom. The van der Waals surface area contributed by atoms with Crippen molar-refractivity contribution in [2.45, 2.75) is 30.7 Å². The molecule has 1 atom stereocenters. The normalized spacial score (nSPS) is 11.8. The van der Waals surface area contributed by atoms with Gasteiger partial charge in [0.05, 0.1) is 10.9 Å². The quantitative estimate of drug-likeness (QED) is 0.525. The van der Waals surface area contributed by atoms with Gasteiger partial charge in [-0.05, 0) is 25.5 Å². The first kappa shape index (κ1) is 18.1. The van der Waals surface area contributed by atoms with Crippen LogP contribution in [0.15, 0.2) is 71.8 Å². The molecule has 0 spiro atoms. The minimum absolute atomic E-state index is 0.00335. The van der Waals surface area contributed by atoms with Crippen molar-refractivity contribution >= 4 is 17.7 Å². The molecule has 0 fully saturated rings. The maximum absolute atomic E-state index is 12.4. The molecule has 1 amide bonds. The number of carbonyl (C=O) groups excluding carboxylic acids is 1. The third kappa shape index (κ3) is 4.92. The Kier molecular flexibility index (Phi) is 6.02. The fraction of sp³-hybridized carbons (Fsp3) is 0.190. The van der Waals surface area contributed by atoms with Gasteiger partial charge in [0.1, 0.15) is 10.9 Å². The number of hydrogen-bond donors (Lipinski definition) is 1. The predicted molar refractivity (Wildman–Crippen MR) is 106 cm³/mol. The van der Waals surface area contributed by atoms with Crippen LogP contribution in [0.5, 0.6) is 0 Å². The van der Waals surface area contributed by atoms with Gasteiger partial charge in [-0.3, -0.25) is 4.79 Å². The molecule has 0 unspecified atom stereocenters. The Labute approximate surface area is 158 Å². The molecule has 26 heavy (non-hydrogen) atoms. The number of amides is 1. The van der Waals surface area contributed by atoms with E-state index in [0.717, 1.165) is 21.8 Å². The molecule has 4 nitrogen and oxygen atoms in total. The lowest BCUT2D eigenvalue weighted by Gasteiger charge is -2.12. The van der Waals surface area contributed by atoms with Crippen molar-refractivity contribution in [3.63, 3.8) is 0 Å². The van der Waals surface area contributed by atoms with Crippen LogP contribution in [0.2, 0.25) is 0 Å². The lowest BCUT2D eigenvalue weighted by molar-refractivity contribution is -0.120. The topological polar surface area (TPSA) is 54.9 Å². The second kappa shape index (κ2) is 8.63. The number of nitrogens with zero attached hydrogens (tertiary/aromatic N) is 2. The first-order valence-corrected chi connectivity index (χ1v) is 9.39. The van der Waals surface area contributed by atoms with E-state index in [0.29, 0.717) is 12.4 Å². The Hall–Kier alpha value is -2.66. The summed E-state index contributed by atoms with van der Waals surface area (Å²) >= 11 is 1.45. The van der Waals surface area contributed by atoms with E-state index in [1.165, 1.54) is 11.8 Å². The third-order valence-electron chi connectivity index (χ3n) is 3.86. The molecular weight excluding hydrogens is 342 g/mol. The highest BCUT2D eigenvalue weighted by atomic mass is 32.2. The summed E-state index contributed by atoms with van der Waals surface area (Å²) < 4.78 is 0. The summed E-state index contributed by atoms with van der Waals surface area (Å²) in [6, 6.07) is 21.8. The lowest BCUT2D eigenvalue weighted by Crippen LogP contribution is -2.30. The summed E-state index contributed by atoms with van der Waals surface area (Å²) in [7, 11) is 0. The zero-order valence-corrected chi connectivity index (χ0v) is 15.7. The standard InChI is InChI=1S/C21H21N3OS/c1-15(21(25)22-14-17-9-5-3-6-10-17)26-20-13-19(23-16(2)24-20)18-11-7-4-8-12-18/h3-13,15H,14H2,1-2H3,(H,22,25)/t15-/m1/s1. The molecule has 0 saturated heterocycles. The maximum Gasteiger partial charge on any atom is 0.233 e. The number of hydrogen-bond acceptors (Lipinski definition) is 4. The van der Waals surface area contributed by atoms with E-state index in [9.17, 15) is 4.79 Å². The number of aryl methyl sites for hydroxylation is 1. The second-order valence-corrected chi connectivity index (χ2v) is 7.33. The molecule has 5 heteroatoms. The van der Waals surface area contributed by atoms with Crippen LogP contribution in [0.25, 0.3) is 11.3 Å². The summed E-state index contributed by atoms with van der Waals surface area (Å²) in [5.74, 6) is 0.696. The minimum Gasteiger partial charge on any atom is -0.351 e. The van der Waals surface area contributed by atoms with Gasteiger partial charge in [-0.1, -0.05) is 72.4 Å². The molecule has 0 aliphatic rings. The molecule has 3 rings (SSSR count). The Morgan fingerprint density at radius 3 is 2.38 bits per heavy atom. The number of aromatic nitrogens is 2. The van der Waals surface area contributed by atoms with Gasteiger partial charge in [0, 0.05) is 12.1 Å². The molecule has 3 aromatic rings. The van der Waals surface area contributed by atoms with E-state index >= 15 is 0 Å². The molecule has 0 bridgehead atoms. The van der Waals surface area contributed by atoms with Gasteiger partial charge >= 0.3 is 0 Å². The highest BCUT2D eigenvalue weighted by Crippen LogP contribution is 2.26. The molecule has 0 aliphatic heterocycles. The first-order valence-electron chi connectivity index (χ1n) is 8.51. The molecule has 132 valence electrons. The van der Waals surface area contributed by atoms with E-state index in [-0.39, 0.29) is 11.2 Å². The largest absolute Gasteiger partial charge is 0.351 e. The second-order valence-electron chi connectivity index (χ2n) is 5.97. The summed E-state index contributed by atoms with van der Waals surface area (Å²) in [5, 5.41) is 3.54. The van der Waals surface area contributed by atoms with Crippen molar-refractivity contribution in [2.75, 3.05) is 0 Å². The van der Waals surface area contributed by atoms with Crippen LogP contribution in [-0.4, -0.2) is 21.1 Å². The van der Waals surface area contributed by atoms with Gasteiger partial charge in [-0.25, -0.2) is 9.97 Å². The zero-order valence-electron chi connectivity index (χ0n) is 14.8. The zero-order chi connectivity index (χ0) is 18.4. The molecule has 0 radical (unpaired) electrons. The van der Waals surface area contributed by atoms with Crippen LogP contribution < -0.4 is 5.32 Å². The van der Waals surface area contributed by atoms with E-state index < -0.39 is 0 Å². The van der Waals surface area contributed by atoms with Crippen LogP contribution in [0, 0.1) is 6.92 Å². The molecule has 2 aromatic carbocycles. The molecule has 1 N–H and O–H groups in total. The summed E-state index contributed by atoms with van der Waals surface area (Å²) in [6.07, 6.45) is 0. The SMILES string of the molecule is Cc1nc(S[C@H](C)C(=O)NCc2ccccc2)cc(-c2ccccc2)n1. The fourth-order valence-corrected chi connectivity index (χ4v) is 3.44. The Morgan fingerprint density at radius 1 is 1.04 bits per heavy atom. The van der Waals surface area contributed by atoms with E-state index in [1.807, 2.05) is 80.6 Å². The number of nitrogens with one attached hydrogen (secondary N) is 1. The van der Waals surface area contributed by atoms with Gasteiger partial charge in [0.15, 0.2) is 0 Å².